The highest BCUT2D eigenvalue weighted by molar-refractivity contribution is 4.97. The zero-order valence-electron chi connectivity index (χ0n) is 6.28. The van der Waals surface area contributed by atoms with Gasteiger partial charge in [0.25, 0.3) is 0 Å². The molecule has 0 aromatic carbocycles. The van der Waals surface area contributed by atoms with Crippen LogP contribution in [0.3, 0.4) is 0 Å². The molecule has 1 rings (SSSR count). The van der Waals surface area contributed by atoms with E-state index in [1.165, 1.54) is 0 Å². The summed E-state index contributed by atoms with van der Waals surface area (Å²) in [6.07, 6.45) is 1.87. The lowest BCUT2D eigenvalue weighted by atomic mass is 10.3. The molecule has 0 bridgehead atoms. The lowest BCUT2D eigenvalue weighted by Crippen LogP contribution is -2.04. The van der Waals surface area contributed by atoms with Crippen molar-refractivity contribution in [2.75, 3.05) is 0 Å². The molecule has 0 radical (unpaired) electrons. The van der Waals surface area contributed by atoms with Gasteiger partial charge >= 0.3 is 0 Å². The Labute approximate surface area is 60.0 Å². The number of aromatic nitrogens is 3. The van der Waals surface area contributed by atoms with Crippen LogP contribution >= 0.6 is 0 Å². The summed E-state index contributed by atoms with van der Waals surface area (Å²) in [7, 11) is 0. The van der Waals surface area contributed by atoms with Gasteiger partial charge in [0.2, 0.25) is 0 Å². The van der Waals surface area contributed by atoms with Gasteiger partial charge in [-0.2, -0.15) is 0 Å². The maximum atomic E-state index is 5.57. The van der Waals surface area contributed by atoms with Crippen LogP contribution in [0.25, 0.3) is 0 Å². The smallest absolute Gasteiger partial charge is 0.0991 e. The van der Waals surface area contributed by atoms with Crippen molar-refractivity contribution in [3.63, 3.8) is 0 Å². The molecule has 1 heterocycles. The molecule has 2 N–H and O–H groups in total. The van der Waals surface area contributed by atoms with Crippen LogP contribution in [0.2, 0.25) is 0 Å². The predicted octanol–water partition coefficient (Wildman–Crippen LogP) is 0.318. The summed E-state index contributed by atoms with van der Waals surface area (Å²) in [5.74, 6) is 0. The third-order valence-electron chi connectivity index (χ3n) is 1.35. The maximum absolute atomic E-state index is 5.57. The van der Waals surface area contributed by atoms with Gasteiger partial charge in [-0.05, 0) is 13.8 Å². The molecule has 0 aliphatic rings. The van der Waals surface area contributed by atoms with Crippen molar-refractivity contribution in [3.05, 3.63) is 11.9 Å². The summed E-state index contributed by atoms with van der Waals surface area (Å²) in [5.41, 5.74) is 6.41. The molecule has 1 atom stereocenters. The van der Waals surface area contributed by atoms with Crippen molar-refractivity contribution >= 4 is 0 Å². The maximum Gasteiger partial charge on any atom is 0.0991 e. The van der Waals surface area contributed by atoms with E-state index >= 15 is 0 Å². The van der Waals surface area contributed by atoms with Gasteiger partial charge in [0.15, 0.2) is 0 Å². The average Bonchev–Trinajstić information content (AvgIpc) is 2.34. The van der Waals surface area contributed by atoms with Crippen molar-refractivity contribution in [2.24, 2.45) is 5.73 Å². The van der Waals surface area contributed by atoms with Crippen LogP contribution in [0.1, 0.15) is 25.6 Å². The lowest BCUT2D eigenvalue weighted by molar-refractivity contribution is 0.626. The zero-order chi connectivity index (χ0) is 7.56. The monoisotopic (exact) mass is 140 g/mol. The number of aryl methyl sites for hydroxylation is 1. The van der Waals surface area contributed by atoms with Crippen LogP contribution < -0.4 is 5.73 Å². The number of nitrogens with zero attached hydrogens (tertiary/aromatic N) is 3. The first-order chi connectivity index (χ1) is 4.74. The minimum absolute atomic E-state index is 0.0136. The third kappa shape index (κ3) is 1.33. The molecule has 1 aromatic heterocycles. The summed E-state index contributed by atoms with van der Waals surface area (Å²) in [6, 6.07) is -0.0136. The van der Waals surface area contributed by atoms with Crippen LogP contribution in [-0.2, 0) is 6.54 Å². The molecule has 0 saturated heterocycles. The highest BCUT2D eigenvalue weighted by Gasteiger charge is 2.02. The topological polar surface area (TPSA) is 56.7 Å². The molecular weight excluding hydrogens is 128 g/mol. The van der Waals surface area contributed by atoms with E-state index in [1.54, 1.807) is 4.68 Å². The van der Waals surface area contributed by atoms with Crippen LogP contribution in [0.15, 0.2) is 6.20 Å². The zero-order valence-corrected chi connectivity index (χ0v) is 6.28. The number of nitrogens with two attached hydrogens (primary N) is 1. The summed E-state index contributed by atoms with van der Waals surface area (Å²) >= 11 is 0. The van der Waals surface area contributed by atoms with E-state index in [-0.39, 0.29) is 6.04 Å². The Kier molecular flexibility index (Phi) is 2.01. The molecule has 0 aliphatic heterocycles. The van der Waals surface area contributed by atoms with Gasteiger partial charge in [0.1, 0.15) is 0 Å². The number of rotatable bonds is 2. The van der Waals surface area contributed by atoms with E-state index in [9.17, 15) is 0 Å². The summed E-state index contributed by atoms with van der Waals surface area (Å²) in [4.78, 5) is 0. The van der Waals surface area contributed by atoms with E-state index in [0.717, 1.165) is 12.2 Å². The second-order valence-electron chi connectivity index (χ2n) is 2.29. The normalized spacial score (nSPS) is 13.5. The molecule has 0 spiro atoms. The van der Waals surface area contributed by atoms with Gasteiger partial charge in [0, 0.05) is 18.8 Å². The molecule has 0 fully saturated rings. The molecule has 0 amide bonds. The third-order valence-corrected chi connectivity index (χ3v) is 1.35. The van der Waals surface area contributed by atoms with Crippen molar-refractivity contribution in [3.8, 4) is 0 Å². The fourth-order valence-corrected chi connectivity index (χ4v) is 0.677. The number of hydrogen-bond donors (Lipinski definition) is 1. The lowest BCUT2D eigenvalue weighted by Gasteiger charge is -1.94. The van der Waals surface area contributed by atoms with Crippen LogP contribution in [0, 0.1) is 0 Å². The van der Waals surface area contributed by atoms with Gasteiger partial charge in [0.05, 0.1) is 5.69 Å². The quantitative estimate of drug-likeness (QED) is 0.643. The molecule has 0 saturated carbocycles. The van der Waals surface area contributed by atoms with E-state index in [1.807, 2.05) is 20.0 Å². The van der Waals surface area contributed by atoms with Crippen molar-refractivity contribution in [1.82, 2.24) is 15.0 Å². The fourth-order valence-electron chi connectivity index (χ4n) is 0.677. The molecular formula is C6H12N4. The Morgan fingerprint density at radius 3 is 2.80 bits per heavy atom. The van der Waals surface area contributed by atoms with E-state index in [0.29, 0.717) is 0 Å². The first-order valence-corrected chi connectivity index (χ1v) is 3.39. The Hall–Kier alpha value is -0.900. The first-order valence-electron chi connectivity index (χ1n) is 3.39. The standard InChI is InChI=1S/C6H12N4/c1-3-10-4-6(5(2)7)8-9-10/h4-5H,3,7H2,1-2H3/t5-/m1/s1. The molecule has 4 heteroatoms. The highest BCUT2D eigenvalue weighted by Crippen LogP contribution is 2.02. The van der Waals surface area contributed by atoms with Crippen molar-refractivity contribution in [2.45, 2.75) is 26.4 Å². The summed E-state index contributed by atoms with van der Waals surface area (Å²) in [5, 5.41) is 7.72. The largest absolute Gasteiger partial charge is 0.323 e. The average molecular weight is 140 g/mol. The Morgan fingerprint density at radius 1 is 1.80 bits per heavy atom. The van der Waals surface area contributed by atoms with Crippen molar-refractivity contribution in [1.29, 1.82) is 0 Å². The molecule has 0 aliphatic carbocycles. The second-order valence-corrected chi connectivity index (χ2v) is 2.29. The molecule has 10 heavy (non-hydrogen) atoms. The minimum atomic E-state index is -0.0136. The first kappa shape index (κ1) is 7.21. The molecule has 56 valence electrons. The summed E-state index contributed by atoms with van der Waals surface area (Å²) in [6.45, 7) is 4.75. The van der Waals surface area contributed by atoms with Crippen LogP contribution in [-0.4, -0.2) is 15.0 Å². The molecule has 0 unspecified atom stereocenters. The van der Waals surface area contributed by atoms with Gasteiger partial charge in [-0.3, -0.25) is 4.68 Å². The molecule has 1 aromatic rings. The number of hydrogen-bond acceptors (Lipinski definition) is 3. The summed E-state index contributed by atoms with van der Waals surface area (Å²) < 4.78 is 1.76. The van der Waals surface area contributed by atoms with E-state index in [4.69, 9.17) is 5.73 Å². The van der Waals surface area contributed by atoms with Gasteiger partial charge in [-0.25, -0.2) is 0 Å². The van der Waals surface area contributed by atoms with Crippen LogP contribution in [0.5, 0.6) is 0 Å². The highest BCUT2D eigenvalue weighted by atomic mass is 15.4. The van der Waals surface area contributed by atoms with Gasteiger partial charge < -0.3 is 5.73 Å². The second kappa shape index (κ2) is 2.79. The molecule has 4 nitrogen and oxygen atoms in total. The van der Waals surface area contributed by atoms with Gasteiger partial charge in [-0.1, -0.05) is 5.21 Å². The minimum Gasteiger partial charge on any atom is -0.323 e. The Balaban J connectivity index is 2.78. The van der Waals surface area contributed by atoms with Crippen LogP contribution in [0.4, 0.5) is 0 Å². The van der Waals surface area contributed by atoms with Gasteiger partial charge in [-0.15, -0.1) is 5.10 Å². The van der Waals surface area contributed by atoms with E-state index < -0.39 is 0 Å². The fraction of sp³-hybridized carbons (Fsp3) is 0.667. The Morgan fingerprint density at radius 2 is 2.50 bits per heavy atom. The van der Waals surface area contributed by atoms with E-state index in [2.05, 4.69) is 10.3 Å². The SMILES string of the molecule is CCn1cc([C@@H](C)N)nn1. The predicted molar refractivity (Wildman–Crippen MR) is 38.3 cm³/mol. The van der Waals surface area contributed by atoms with Crippen molar-refractivity contribution < 1.29 is 0 Å². The Bertz CT molecular complexity index is 203.